The molecule has 2 N–H and O–H groups in total. The molecule has 1 amide bonds. The van der Waals surface area contributed by atoms with Crippen molar-refractivity contribution in [1.82, 2.24) is 0 Å². The van der Waals surface area contributed by atoms with Gasteiger partial charge in [0.25, 0.3) is 0 Å². The van der Waals surface area contributed by atoms with Crippen molar-refractivity contribution in [2.75, 3.05) is 17.2 Å². The first kappa shape index (κ1) is 15.1. The Morgan fingerprint density at radius 2 is 2.05 bits per heavy atom. The van der Waals surface area contributed by atoms with Gasteiger partial charge in [-0.1, -0.05) is 0 Å². The highest BCUT2D eigenvalue weighted by Gasteiger charge is 2.40. The zero-order chi connectivity index (χ0) is 15.9. The maximum absolute atomic E-state index is 13.6. The van der Waals surface area contributed by atoms with Gasteiger partial charge in [-0.3, -0.25) is 14.9 Å². The number of nitrogen functional groups attached to an aromatic ring is 1. The van der Waals surface area contributed by atoms with Gasteiger partial charge in [-0.05, 0) is 0 Å². The highest BCUT2D eigenvalue weighted by molar-refractivity contribution is 7.87. The van der Waals surface area contributed by atoms with Crippen LogP contribution in [0.25, 0.3) is 0 Å². The number of rotatable bonds is 3. The molecule has 0 aliphatic carbocycles. The molecule has 0 bridgehead atoms. The zero-order valence-corrected chi connectivity index (χ0v) is 11.1. The van der Waals surface area contributed by atoms with E-state index < -0.39 is 50.8 Å². The Bertz CT molecular complexity index is 736. The number of amides is 1. The molecular formula is C10H9F2N3O5S. The fraction of sp³-hybridized carbons (Fsp3) is 0.300. The summed E-state index contributed by atoms with van der Waals surface area (Å²) in [4.78, 5) is 22.1. The fourth-order valence-corrected chi connectivity index (χ4v) is 2.71. The lowest BCUT2D eigenvalue weighted by Gasteiger charge is -2.18. The van der Waals surface area contributed by atoms with Crippen molar-refractivity contribution in [2.24, 2.45) is 0 Å². The Morgan fingerprint density at radius 3 is 2.52 bits per heavy atom. The minimum absolute atomic E-state index is 0.228. The van der Waals surface area contributed by atoms with E-state index in [2.05, 4.69) is 0 Å². The predicted octanol–water partition coefficient (Wildman–Crippen LogP) is 0.721. The molecule has 1 atom stereocenters. The molecule has 0 spiro atoms. The molecule has 1 fully saturated rings. The smallest absolute Gasteiger partial charge is 0.307 e. The van der Waals surface area contributed by atoms with E-state index in [1.54, 1.807) is 0 Å². The van der Waals surface area contributed by atoms with Crippen molar-refractivity contribution in [2.45, 2.75) is 11.7 Å². The van der Waals surface area contributed by atoms with Crippen LogP contribution in [-0.4, -0.2) is 31.0 Å². The molecular weight excluding hydrogens is 312 g/mol. The number of nitro groups is 1. The van der Waals surface area contributed by atoms with Gasteiger partial charge in [-0.2, -0.15) is 12.8 Å². The number of hydrogen-bond donors (Lipinski definition) is 1. The first-order valence-corrected chi connectivity index (χ1v) is 7.03. The van der Waals surface area contributed by atoms with E-state index >= 15 is 0 Å². The first-order chi connectivity index (χ1) is 9.61. The summed E-state index contributed by atoms with van der Waals surface area (Å²) in [6, 6.07) is 1.37. The standard InChI is InChI=1S/C10H9F2N3O5S/c11-6-2-9(7(13)3-8(6)15(17)18)14-4-5(1-10(14)16)21(12,19)20/h2-3,5H,1,4,13H2. The first-order valence-electron chi connectivity index (χ1n) is 5.58. The second-order valence-corrected chi connectivity index (χ2v) is 6.04. The molecule has 8 nitrogen and oxygen atoms in total. The van der Waals surface area contributed by atoms with Crippen LogP contribution in [0.3, 0.4) is 0 Å². The number of carbonyl (C=O) groups excluding carboxylic acids is 1. The van der Waals surface area contributed by atoms with Crippen molar-refractivity contribution >= 4 is 33.2 Å². The summed E-state index contributed by atoms with van der Waals surface area (Å²) in [5.41, 5.74) is 4.13. The zero-order valence-electron chi connectivity index (χ0n) is 10.3. The monoisotopic (exact) mass is 321 g/mol. The average molecular weight is 321 g/mol. The van der Waals surface area contributed by atoms with E-state index in [-0.39, 0.29) is 11.4 Å². The molecule has 11 heteroatoms. The van der Waals surface area contributed by atoms with Crippen molar-refractivity contribution in [3.05, 3.63) is 28.1 Å². The molecule has 1 aliphatic rings. The van der Waals surface area contributed by atoms with Crippen molar-refractivity contribution in [3.63, 3.8) is 0 Å². The molecule has 1 saturated heterocycles. The van der Waals surface area contributed by atoms with Crippen LogP contribution in [0.5, 0.6) is 0 Å². The lowest BCUT2D eigenvalue weighted by atomic mass is 10.2. The normalized spacial score (nSPS) is 19.0. The van der Waals surface area contributed by atoms with Gasteiger partial charge < -0.3 is 10.6 Å². The highest BCUT2D eigenvalue weighted by Crippen LogP contribution is 2.34. The molecule has 1 aromatic rings. The number of halogens is 2. The largest absolute Gasteiger partial charge is 0.397 e. The van der Waals surface area contributed by atoms with Gasteiger partial charge in [0, 0.05) is 25.1 Å². The molecule has 21 heavy (non-hydrogen) atoms. The summed E-state index contributed by atoms with van der Waals surface area (Å²) in [6.07, 6.45) is -0.600. The molecule has 2 rings (SSSR count). The molecule has 0 radical (unpaired) electrons. The van der Waals surface area contributed by atoms with Crippen molar-refractivity contribution in [1.29, 1.82) is 0 Å². The summed E-state index contributed by atoms with van der Waals surface area (Å²) in [5, 5.41) is 8.99. The quantitative estimate of drug-likeness (QED) is 0.378. The van der Waals surface area contributed by atoms with E-state index in [4.69, 9.17) is 5.73 Å². The van der Waals surface area contributed by atoms with E-state index in [0.29, 0.717) is 6.07 Å². The SMILES string of the molecule is Nc1cc([N+](=O)[O-])c(F)cc1N1CC(S(=O)(=O)F)CC1=O. The molecule has 1 aliphatic heterocycles. The van der Waals surface area contributed by atoms with Gasteiger partial charge in [-0.15, -0.1) is 3.89 Å². The second kappa shape index (κ2) is 4.91. The summed E-state index contributed by atoms with van der Waals surface area (Å²) in [6.45, 7) is -0.529. The summed E-state index contributed by atoms with van der Waals surface area (Å²) >= 11 is 0. The third-order valence-corrected chi connectivity index (χ3v) is 4.18. The Hall–Kier alpha value is -2.30. The van der Waals surface area contributed by atoms with E-state index in [1.165, 1.54) is 0 Å². The Morgan fingerprint density at radius 1 is 1.43 bits per heavy atom. The maximum Gasteiger partial charge on any atom is 0.307 e. The molecule has 1 aromatic carbocycles. The topological polar surface area (TPSA) is 124 Å². The molecule has 0 aromatic heterocycles. The van der Waals surface area contributed by atoms with Crippen LogP contribution in [0.4, 0.5) is 25.3 Å². The molecule has 1 heterocycles. The van der Waals surface area contributed by atoms with Gasteiger partial charge in [0.2, 0.25) is 11.7 Å². The van der Waals surface area contributed by atoms with Crippen LogP contribution in [0.15, 0.2) is 12.1 Å². The summed E-state index contributed by atoms with van der Waals surface area (Å²) in [5.74, 6) is -2.00. The maximum atomic E-state index is 13.6. The second-order valence-electron chi connectivity index (χ2n) is 4.43. The number of nitro benzene ring substituents is 1. The van der Waals surface area contributed by atoms with Gasteiger partial charge >= 0.3 is 15.9 Å². The average Bonchev–Trinajstić information content (AvgIpc) is 2.73. The third kappa shape index (κ3) is 2.77. The minimum atomic E-state index is -4.93. The van der Waals surface area contributed by atoms with E-state index in [1.807, 2.05) is 0 Å². The third-order valence-electron chi connectivity index (χ3n) is 3.07. The summed E-state index contributed by atoms with van der Waals surface area (Å²) in [7, 11) is -4.93. The Labute approximate surface area is 117 Å². The molecule has 114 valence electrons. The number of carbonyl (C=O) groups is 1. The van der Waals surface area contributed by atoms with Crippen LogP contribution >= 0.6 is 0 Å². The minimum Gasteiger partial charge on any atom is -0.397 e. The number of nitrogens with two attached hydrogens (primary N) is 1. The Kier molecular flexibility index (Phi) is 3.53. The highest BCUT2D eigenvalue weighted by atomic mass is 32.3. The van der Waals surface area contributed by atoms with E-state index in [0.717, 1.165) is 11.0 Å². The van der Waals surface area contributed by atoms with Crippen molar-refractivity contribution < 1.29 is 26.4 Å². The van der Waals surface area contributed by atoms with E-state index in [9.17, 15) is 31.6 Å². The lowest BCUT2D eigenvalue weighted by Crippen LogP contribution is -2.27. The number of hydrogen-bond acceptors (Lipinski definition) is 6. The number of anilines is 2. The Balaban J connectivity index is 2.42. The van der Waals surface area contributed by atoms with Crippen LogP contribution in [0.1, 0.15) is 6.42 Å². The van der Waals surface area contributed by atoms with Crippen LogP contribution in [0, 0.1) is 15.9 Å². The van der Waals surface area contributed by atoms with Gasteiger partial charge in [0.15, 0.2) is 0 Å². The van der Waals surface area contributed by atoms with Crippen LogP contribution in [0.2, 0.25) is 0 Å². The molecule has 1 unspecified atom stereocenters. The molecule has 0 saturated carbocycles. The predicted molar refractivity (Wildman–Crippen MR) is 68.3 cm³/mol. The van der Waals surface area contributed by atoms with Crippen LogP contribution in [-0.2, 0) is 15.0 Å². The summed E-state index contributed by atoms with van der Waals surface area (Å²) < 4.78 is 48.1. The fourth-order valence-electron chi connectivity index (χ4n) is 2.04. The lowest BCUT2D eigenvalue weighted by molar-refractivity contribution is -0.387. The van der Waals surface area contributed by atoms with Crippen LogP contribution < -0.4 is 10.6 Å². The van der Waals surface area contributed by atoms with Gasteiger partial charge in [-0.25, -0.2) is 0 Å². The van der Waals surface area contributed by atoms with Crippen molar-refractivity contribution in [3.8, 4) is 0 Å². The van der Waals surface area contributed by atoms with Gasteiger partial charge in [0.1, 0.15) is 5.25 Å². The number of nitrogens with zero attached hydrogens (tertiary/aromatic N) is 2. The van der Waals surface area contributed by atoms with Gasteiger partial charge in [0.05, 0.1) is 16.3 Å². The number of benzene rings is 1.